The van der Waals surface area contributed by atoms with Crippen LogP contribution in [0.3, 0.4) is 0 Å². The normalized spacial score (nSPS) is 11.6. The number of rotatable bonds is 8. The molecule has 1 aromatic carbocycles. The number of halogens is 2. The van der Waals surface area contributed by atoms with E-state index < -0.39 is 6.61 Å². The monoisotopic (exact) mass is 351 g/mol. The lowest BCUT2D eigenvalue weighted by atomic mass is 10.2. The smallest absolute Gasteiger partial charge is 0.387 e. The molecule has 0 saturated heterocycles. The van der Waals surface area contributed by atoms with Gasteiger partial charge in [0.1, 0.15) is 5.75 Å². The molecule has 1 N–H and O–H groups in total. The second-order valence-electron chi connectivity index (χ2n) is 5.38. The number of guanidine groups is 1. The molecule has 8 heteroatoms. The molecular weight excluding hydrogens is 328 g/mol. The first-order valence-electron chi connectivity index (χ1n) is 8.09. The summed E-state index contributed by atoms with van der Waals surface area (Å²) in [7, 11) is 1.93. The number of hydrogen-bond donors (Lipinski definition) is 1. The van der Waals surface area contributed by atoms with Crippen molar-refractivity contribution in [2.24, 2.45) is 4.99 Å². The van der Waals surface area contributed by atoms with Gasteiger partial charge in [-0.15, -0.1) is 0 Å². The number of ether oxygens (including phenoxy) is 1. The summed E-state index contributed by atoms with van der Waals surface area (Å²) in [5, 5.41) is 7.39. The molecule has 25 heavy (non-hydrogen) atoms. The summed E-state index contributed by atoms with van der Waals surface area (Å²) >= 11 is 0. The van der Waals surface area contributed by atoms with Gasteiger partial charge in [-0.2, -0.15) is 13.9 Å². The number of nitrogens with zero attached hydrogens (tertiary/aromatic N) is 4. The van der Waals surface area contributed by atoms with E-state index in [1.165, 1.54) is 12.1 Å². The average molecular weight is 351 g/mol. The van der Waals surface area contributed by atoms with Crippen LogP contribution in [0.15, 0.2) is 47.7 Å². The molecule has 136 valence electrons. The highest BCUT2D eigenvalue weighted by Gasteiger charge is 2.08. The van der Waals surface area contributed by atoms with Crippen LogP contribution in [-0.4, -0.2) is 47.4 Å². The second-order valence-corrected chi connectivity index (χ2v) is 5.38. The number of aromatic nitrogens is 2. The molecule has 0 aliphatic heterocycles. The van der Waals surface area contributed by atoms with Crippen molar-refractivity contribution in [1.82, 2.24) is 20.0 Å². The molecule has 0 unspecified atom stereocenters. The van der Waals surface area contributed by atoms with Crippen molar-refractivity contribution in [3.8, 4) is 5.75 Å². The van der Waals surface area contributed by atoms with E-state index >= 15 is 0 Å². The highest BCUT2D eigenvalue weighted by atomic mass is 19.3. The van der Waals surface area contributed by atoms with Crippen molar-refractivity contribution >= 4 is 5.96 Å². The first kappa shape index (κ1) is 18.7. The molecule has 1 heterocycles. The number of nitrogens with one attached hydrogen (secondary N) is 1. The fraction of sp³-hybridized carbons (Fsp3) is 0.412. The van der Waals surface area contributed by atoms with E-state index in [0.29, 0.717) is 19.6 Å². The lowest BCUT2D eigenvalue weighted by Gasteiger charge is -2.22. The van der Waals surface area contributed by atoms with Gasteiger partial charge in [-0.05, 0) is 30.7 Å². The SMILES string of the molecule is CCNC(=NCCn1cccn1)N(C)Cc1ccc(OC(F)F)cc1. The number of hydrogen-bond acceptors (Lipinski definition) is 3. The van der Waals surface area contributed by atoms with Crippen LogP contribution in [0.4, 0.5) is 8.78 Å². The Morgan fingerprint density at radius 3 is 2.72 bits per heavy atom. The Bertz CT molecular complexity index is 644. The fourth-order valence-electron chi connectivity index (χ4n) is 2.29. The number of benzene rings is 1. The van der Waals surface area contributed by atoms with Gasteiger partial charge in [0.25, 0.3) is 0 Å². The minimum Gasteiger partial charge on any atom is -0.435 e. The number of aliphatic imine (C=N–C) groups is 1. The topological polar surface area (TPSA) is 54.7 Å². The average Bonchev–Trinajstić information content (AvgIpc) is 3.09. The summed E-state index contributed by atoms with van der Waals surface area (Å²) in [4.78, 5) is 6.57. The third kappa shape index (κ3) is 6.40. The molecule has 2 rings (SSSR count). The molecule has 0 bridgehead atoms. The Morgan fingerprint density at radius 2 is 2.12 bits per heavy atom. The van der Waals surface area contributed by atoms with Crippen LogP contribution in [-0.2, 0) is 13.1 Å². The minimum atomic E-state index is -2.81. The molecule has 0 spiro atoms. The van der Waals surface area contributed by atoms with Crippen LogP contribution in [0.5, 0.6) is 5.75 Å². The molecular formula is C17H23F2N5O. The van der Waals surface area contributed by atoms with E-state index in [1.54, 1.807) is 18.3 Å². The molecule has 0 amide bonds. The van der Waals surface area contributed by atoms with Gasteiger partial charge in [0.05, 0.1) is 13.1 Å². The Morgan fingerprint density at radius 1 is 1.36 bits per heavy atom. The van der Waals surface area contributed by atoms with Crippen molar-refractivity contribution in [3.63, 3.8) is 0 Å². The molecule has 0 aliphatic rings. The van der Waals surface area contributed by atoms with E-state index in [4.69, 9.17) is 0 Å². The Hall–Kier alpha value is -2.64. The summed E-state index contributed by atoms with van der Waals surface area (Å²) in [6.45, 7) is 1.86. The van der Waals surface area contributed by atoms with E-state index in [0.717, 1.165) is 18.1 Å². The lowest BCUT2D eigenvalue weighted by Crippen LogP contribution is -2.38. The summed E-state index contributed by atoms with van der Waals surface area (Å²) in [6.07, 6.45) is 3.64. The van der Waals surface area contributed by atoms with Gasteiger partial charge < -0.3 is 15.0 Å². The Balaban J connectivity index is 1.93. The van der Waals surface area contributed by atoms with Crippen LogP contribution in [0, 0.1) is 0 Å². The highest BCUT2D eigenvalue weighted by molar-refractivity contribution is 5.79. The molecule has 1 aromatic heterocycles. The van der Waals surface area contributed by atoms with Crippen molar-refractivity contribution < 1.29 is 13.5 Å². The predicted molar refractivity (Wildman–Crippen MR) is 92.7 cm³/mol. The largest absolute Gasteiger partial charge is 0.435 e. The first-order valence-corrected chi connectivity index (χ1v) is 8.09. The van der Waals surface area contributed by atoms with E-state index in [-0.39, 0.29) is 5.75 Å². The second kappa shape index (κ2) is 9.61. The van der Waals surface area contributed by atoms with E-state index in [9.17, 15) is 8.78 Å². The zero-order valence-corrected chi connectivity index (χ0v) is 14.4. The van der Waals surface area contributed by atoms with Gasteiger partial charge in [0.2, 0.25) is 0 Å². The van der Waals surface area contributed by atoms with Crippen molar-refractivity contribution in [3.05, 3.63) is 48.3 Å². The van der Waals surface area contributed by atoms with E-state index in [1.807, 2.05) is 35.8 Å². The van der Waals surface area contributed by atoms with Gasteiger partial charge >= 0.3 is 6.61 Å². The van der Waals surface area contributed by atoms with Crippen molar-refractivity contribution in [2.75, 3.05) is 20.1 Å². The molecule has 0 saturated carbocycles. The quantitative estimate of drug-likeness (QED) is 0.587. The fourth-order valence-corrected chi connectivity index (χ4v) is 2.29. The maximum Gasteiger partial charge on any atom is 0.387 e. The third-order valence-corrected chi connectivity index (χ3v) is 3.41. The highest BCUT2D eigenvalue weighted by Crippen LogP contribution is 2.15. The van der Waals surface area contributed by atoms with Gasteiger partial charge in [0, 0.05) is 32.5 Å². The lowest BCUT2D eigenvalue weighted by molar-refractivity contribution is -0.0498. The van der Waals surface area contributed by atoms with Gasteiger partial charge in [-0.1, -0.05) is 12.1 Å². The van der Waals surface area contributed by atoms with Crippen LogP contribution in [0.2, 0.25) is 0 Å². The van der Waals surface area contributed by atoms with Crippen molar-refractivity contribution in [2.45, 2.75) is 26.6 Å². The standard InChI is InChI=1S/C17H23F2N5O/c1-3-20-17(21-10-12-24-11-4-9-22-24)23(2)13-14-5-7-15(8-6-14)25-16(18)19/h4-9,11,16H,3,10,12-13H2,1-2H3,(H,20,21). The summed E-state index contributed by atoms with van der Waals surface area (Å²) in [5.74, 6) is 0.934. The zero-order chi connectivity index (χ0) is 18.1. The maximum absolute atomic E-state index is 12.2. The summed E-state index contributed by atoms with van der Waals surface area (Å²) < 4.78 is 30.5. The van der Waals surface area contributed by atoms with Crippen LogP contribution >= 0.6 is 0 Å². The van der Waals surface area contributed by atoms with Gasteiger partial charge in [-0.25, -0.2) is 0 Å². The van der Waals surface area contributed by atoms with Gasteiger partial charge in [0.15, 0.2) is 5.96 Å². The van der Waals surface area contributed by atoms with Crippen LogP contribution < -0.4 is 10.1 Å². The summed E-state index contributed by atoms with van der Waals surface area (Å²) in [6, 6.07) is 8.49. The molecule has 2 aromatic rings. The zero-order valence-electron chi connectivity index (χ0n) is 14.4. The predicted octanol–water partition coefficient (Wildman–Crippen LogP) is 2.58. The Labute approximate surface area is 146 Å². The Kier molecular flexibility index (Phi) is 7.18. The maximum atomic E-state index is 12.2. The van der Waals surface area contributed by atoms with Crippen LogP contribution in [0.1, 0.15) is 12.5 Å². The van der Waals surface area contributed by atoms with E-state index in [2.05, 4.69) is 20.1 Å². The number of alkyl halides is 2. The third-order valence-electron chi connectivity index (χ3n) is 3.41. The molecule has 0 atom stereocenters. The van der Waals surface area contributed by atoms with Crippen molar-refractivity contribution in [1.29, 1.82) is 0 Å². The molecule has 0 fully saturated rings. The van der Waals surface area contributed by atoms with Crippen LogP contribution in [0.25, 0.3) is 0 Å². The molecule has 0 radical (unpaired) electrons. The minimum absolute atomic E-state index is 0.154. The molecule has 0 aliphatic carbocycles. The summed E-state index contributed by atoms with van der Waals surface area (Å²) in [5.41, 5.74) is 0.974. The van der Waals surface area contributed by atoms with Gasteiger partial charge in [-0.3, -0.25) is 9.67 Å². The first-order chi connectivity index (χ1) is 12.1. The molecule has 6 nitrogen and oxygen atoms in total.